The minimum atomic E-state index is 0.451. The van der Waals surface area contributed by atoms with E-state index in [1.54, 1.807) is 0 Å². The Balaban J connectivity index is 3.20. The van der Waals surface area contributed by atoms with Crippen molar-refractivity contribution in [3.05, 3.63) is 0 Å². The number of nitrogens with zero attached hydrogens (tertiary/aromatic N) is 1. The maximum atomic E-state index is 9.77. The Bertz CT molecular complexity index is 59.5. The molecule has 0 aliphatic rings. The van der Waals surface area contributed by atoms with E-state index in [1.165, 1.54) is 0 Å². The molecule has 0 saturated carbocycles. The van der Waals surface area contributed by atoms with Crippen molar-refractivity contribution in [2.45, 2.75) is 13.8 Å². The molecule has 0 unspecified atom stereocenters. The Kier molecular flexibility index (Phi) is 4.56. The molecule has 0 rings (SSSR count). The molecule has 2 nitrogen and oxygen atoms in total. The Morgan fingerprint density at radius 3 is 2.00 bits per heavy atom. The van der Waals surface area contributed by atoms with Crippen LogP contribution < -0.4 is 0 Å². The lowest BCUT2D eigenvalue weighted by atomic mass is 10.5. The SMILES string of the molecule is CCN(CC)C[C]=O. The molecule has 0 aromatic heterocycles. The molecule has 0 fully saturated rings. The second kappa shape index (κ2) is 4.78. The van der Waals surface area contributed by atoms with Crippen molar-refractivity contribution in [3.63, 3.8) is 0 Å². The predicted octanol–water partition coefficient (Wildman–Crippen LogP) is 0.438. The molecule has 47 valence electrons. The molecule has 0 aliphatic carbocycles. The normalized spacial score (nSPS) is 9.88. The molecule has 0 N–H and O–H groups in total. The largest absolute Gasteiger partial charge is 0.296 e. The molecule has 0 spiro atoms. The van der Waals surface area contributed by atoms with Crippen molar-refractivity contribution in [2.24, 2.45) is 0 Å². The summed E-state index contributed by atoms with van der Waals surface area (Å²) >= 11 is 0. The molecule has 8 heavy (non-hydrogen) atoms. The fraction of sp³-hybridized carbons (Fsp3) is 0.833. The maximum Gasteiger partial charge on any atom is 0.213 e. The molecular formula is C6H12NO. The van der Waals surface area contributed by atoms with Gasteiger partial charge in [0.1, 0.15) is 0 Å². The van der Waals surface area contributed by atoms with Crippen LogP contribution in [0.4, 0.5) is 0 Å². The van der Waals surface area contributed by atoms with Gasteiger partial charge in [-0.3, -0.25) is 9.69 Å². The topological polar surface area (TPSA) is 20.3 Å². The summed E-state index contributed by atoms with van der Waals surface area (Å²) < 4.78 is 0. The molecule has 0 aromatic carbocycles. The van der Waals surface area contributed by atoms with Crippen molar-refractivity contribution >= 4 is 6.29 Å². The van der Waals surface area contributed by atoms with Gasteiger partial charge in [-0.05, 0) is 13.1 Å². The predicted molar refractivity (Wildman–Crippen MR) is 33.5 cm³/mol. The zero-order chi connectivity index (χ0) is 6.41. The van der Waals surface area contributed by atoms with Gasteiger partial charge in [0.15, 0.2) is 0 Å². The standard InChI is InChI=1S/C6H12NO/c1-3-7(4-2)5-6-8/h3-5H2,1-2H3. The first kappa shape index (κ1) is 7.63. The van der Waals surface area contributed by atoms with Gasteiger partial charge in [-0.15, -0.1) is 0 Å². The summed E-state index contributed by atoms with van der Waals surface area (Å²) in [5.74, 6) is 0. The minimum Gasteiger partial charge on any atom is -0.296 e. The lowest BCUT2D eigenvalue weighted by Crippen LogP contribution is -2.24. The van der Waals surface area contributed by atoms with Gasteiger partial charge in [0.05, 0.1) is 6.54 Å². The summed E-state index contributed by atoms with van der Waals surface area (Å²) in [5, 5.41) is 0. The Morgan fingerprint density at radius 1 is 1.38 bits per heavy atom. The third kappa shape index (κ3) is 2.75. The second-order valence-corrected chi connectivity index (χ2v) is 1.61. The molecular weight excluding hydrogens is 102 g/mol. The fourth-order valence-electron chi connectivity index (χ4n) is 0.539. The second-order valence-electron chi connectivity index (χ2n) is 1.61. The number of hydrogen-bond acceptors (Lipinski definition) is 2. The summed E-state index contributed by atoms with van der Waals surface area (Å²) in [5.41, 5.74) is 0. The van der Waals surface area contributed by atoms with E-state index in [-0.39, 0.29) is 0 Å². The van der Waals surface area contributed by atoms with E-state index in [0.29, 0.717) is 6.54 Å². The molecule has 0 atom stereocenters. The monoisotopic (exact) mass is 114 g/mol. The van der Waals surface area contributed by atoms with Crippen LogP contribution in [0.1, 0.15) is 13.8 Å². The average molecular weight is 114 g/mol. The fourth-order valence-corrected chi connectivity index (χ4v) is 0.539. The van der Waals surface area contributed by atoms with Crippen LogP contribution in [0.25, 0.3) is 0 Å². The molecule has 0 aromatic rings. The zero-order valence-corrected chi connectivity index (χ0v) is 5.48. The van der Waals surface area contributed by atoms with Gasteiger partial charge >= 0.3 is 0 Å². The van der Waals surface area contributed by atoms with Crippen LogP contribution >= 0.6 is 0 Å². The van der Waals surface area contributed by atoms with E-state index in [0.717, 1.165) is 13.1 Å². The minimum absolute atomic E-state index is 0.451. The Labute approximate surface area is 50.5 Å². The van der Waals surface area contributed by atoms with E-state index in [4.69, 9.17) is 0 Å². The number of rotatable bonds is 4. The van der Waals surface area contributed by atoms with E-state index < -0.39 is 0 Å². The van der Waals surface area contributed by atoms with Crippen molar-refractivity contribution in [1.82, 2.24) is 4.90 Å². The highest BCUT2D eigenvalue weighted by molar-refractivity contribution is 5.52. The molecule has 0 heterocycles. The van der Waals surface area contributed by atoms with E-state index in [2.05, 4.69) is 0 Å². The number of likely N-dealkylation sites (N-methyl/N-ethyl adjacent to an activating group) is 1. The highest BCUT2D eigenvalue weighted by Crippen LogP contribution is 1.80. The molecule has 0 bridgehead atoms. The van der Waals surface area contributed by atoms with Gasteiger partial charge in [0.25, 0.3) is 0 Å². The van der Waals surface area contributed by atoms with E-state index in [9.17, 15) is 4.79 Å². The first-order valence-corrected chi connectivity index (χ1v) is 2.92. The van der Waals surface area contributed by atoms with Gasteiger partial charge in [-0.2, -0.15) is 0 Å². The molecule has 1 radical (unpaired) electrons. The van der Waals surface area contributed by atoms with Crippen LogP contribution in [0.15, 0.2) is 0 Å². The summed E-state index contributed by atoms with van der Waals surface area (Å²) in [6, 6.07) is 0. The summed E-state index contributed by atoms with van der Waals surface area (Å²) in [6.45, 7) is 6.38. The third-order valence-electron chi connectivity index (χ3n) is 1.18. The number of hydrogen-bond donors (Lipinski definition) is 0. The highest BCUT2D eigenvalue weighted by atomic mass is 16.1. The van der Waals surface area contributed by atoms with Crippen LogP contribution in [-0.4, -0.2) is 30.8 Å². The Morgan fingerprint density at radius 2 is 1.88 bits per heavy atom. The molecule has 2 heteroatoms. The van der Waals surface area contributed by atoms with Crippen LogP contribution in [0.3, 0.4) is 0 Å². The summed E-state index contributed by atoms with van der Waals surface area (Å²) in [7, 11) is 0. The van der Waals surface area contributed by atoms with Crippen molar-refractivity contribution < 1.29 is 4.79 Å². The quantitative estimate of drug-likeness (QED) is 0.528. The van der Waals surface area contributed by atoms with Crippen molar-refractivity contribution in [2.75, 3.05) is 19.6 Å². The highest BCUT2D eigenvalue weighted by Gasteiger charge is 1.94. The van der Waals surface area contributed by atoms with Crippen molar-refractivity contribution in [1.29, 1.82) is 0 Å². The van der Waals surface area contributed by atoms with Gasteiger partial charge in [0.2, 0.25) is 6.29 Å². The van der Waals surface area contributed by atoms with Crippen LogP contribution in [0.5, 0.6) is 0 Å². The van der Waals surface area contributed by atoms with Crippen molar-refractivity contribution in [3.8, 4) is 0 Å². The van der Waals surface area contributed by atoms with Crippen LogP contribution in [0.2, 0.25) is 0 Å². The molecule has 0 aliphatic heterocycles. The molecule has 0 saturated heterocycles. The van der Waals surface area contributed by atoms with Gasteiger partial charge < -0.3 is 0 Å². The summed E-state index contributed by atoms with van der Waals surface area (Å²) in [6.07, 6.45) is 1.85. The lowest BCUT2D eigenvalue weighted by molar-refractivity contribution is 0.340. The lowest BCUT2D eigenvalue weighted by Gasteiger charge is -2.11. The van der Waals surface area contributed by atoms with Gasteiger partial charge in [-0.25, -0.2) is 0 Å². The Hall–Kier alpha value is -0.370. The van der Waals surface area contributed by atoms with Crippen LogP contribution in [-0.2, 0) is 4.79 Å². The summed E-state index contributed by atoms with van der Waals surface area (Å²) in [4.78, 5) is 11.8. The van der Waals surface area contributed by atoms with Gasteiger partial charge in [0, 0.05) is 0 Å². The first-order chi connectivity index (χ1) is 3.85. The van der Waals surface area contributed by atoms with E-state index in [1.807, 2.05) is 25.0 Å². The van der Waals surface area contributed by atoms with E-state index >= 15 is 0 Å². The molecule has 0 amide bonds. The number of carbonyl (C=O) groups excluding carboxylic acids is 1. The smallest absolute Gasteiger partial charge is 0.213 e. The average Bonchev–Trinajstić information content (AvgIpc) is 1.83. The zero-order valence-electron chi connectivity index (χ0n) is 5.48. The van der Waals surface area contributed by atoms with Crippen LogP contribution in [0, 0.1) is 0 Å². The maximum absolute atomic E-state index is 9.77. The van der Waals surface area contributed by atoms with Gasteiger partial charge in [-0.1, -0.05) is 13.8 Å². The third-order valence-corrected chi connectivity index (χ3v) is 1.18. The first-order valence-electron chi connectivity index (χ1n) is 2.92.